The fraction of sp³-hybridized carbons (Fsp3) is 0.519. The van der Waals surface area contributed by atoms with Gasteiger partial charge in [0.1, 0.15) is 11.3 Å². The first kappa shape index (κ1) is 24.0. The minimum absolute atomic E-state index is 0.00209. The van der Waals surface area contributed by atoms with Crippen LogP contribution < -0.4 is 5.32 Å². The molecule has 0 aromatic carbocycles. The van der Waals surface area contributed by atoms with Crippen LogP contribution in [0.4, 0.5) is 5.95 Å². The van der Waals surface area contributed by atoms with Crippen molar-refractivity contribution in [2.24, 2.45) is 5.92 Å². The smallest absolute Gasteiger partial charge is 0.270 e. The molecule has 3 heterocycles. The highest BCUT2D eigenvalue weighted by molar-refractivity contribution is 5.97. The molecule has 182 valence electrons. The van der Waals surface area contributed by atoms with Gasteiger partial charge < -0.3 is 19.7 Å². The molecule has 2 aliphatic rings. The number of nitrogens with one attached hydrogen (secondary N) is 1. The Hall–Kier alpha value is -3.09. The predicted molar refractivity (Wildman–Crippen MR) is 139 cm³/mol. The maximum absolute atomic E-state index is 12.9. The van der Waals surface area contributed by atoms with Crippen LogP contribution in [0.3, 0.4) is 0 Å². The Morgan fingerprint density at radius 3 is 2.53 bits per heavy atom. The van der Waals surface area contributed by atoms with Gasteiger partial charge in [-0.25, -0.2) is 4.98 Å². The second-order valence-electron chi connectivity index (χ2n) is 9.88. The van der Waals surface area contributed by atoms with Gasteiger partial charge in [-0.15, -0.1) is 0 Å². The third-order valence-electron chi connectivity index (χ3n) is 7.06. The zero-order valence-electron chi connectivity index (χ0n) is 21.0. The third-order valence-corrected chi connectivity index (χ3v) is 7.06. The Balaban J connectivity index is 1.54. The summed E-state index contributed by atoms with van der Waals surface area (Å²) in [4.78, 5) is 26.3. The molecular formula is C27H38N6O. The van der Waals surface area contributed by atoms with Crippen LogP contribution in [0.15, 0.2) is 48.5 Å². The van der Waals surface area contributed by atoms with E-state index in [0.717, 1.165) is 48.6 Å². The summed E-state index contributed by atoms with van der Waals surface area (Å²) in [6.07, 6.45) is 15.0. The number of likely N-dealkylation sites (tertiary alicyclic amines) is 1. The number of anilines is 1. The van der Waals surface area contributed by atoms with E-state index in [-0.39, 0.29) is 5.91 Å². The van der Waals surface area contributed by atoms with Gasteiger partial charge in [-0.1, -0.05) is 32.4 Å². The maximum atomic E-state index is 12.9. The van der Waals surface area contributed by atoms with Gasteiger partial charge in [0, 0.05) is 56.2 Å². The summed E-state index contributed by atoms with van der Waals surface area (Å²) in [5.41, 5.74) is 3.44. The van der Waals surface area contributed by atoms with E-state index in [1.54, 1.807) is 25.2 Å². The molecule has 0 unspecified atom stereocenters. The second-order valence-corrected chi connectivity index (χ2v) is 9.88. The zero-order valence-corrected chi connectivity index (χ0v) is 21.0. The van der Waals surface area contributed by atoms with Crippen LogP contribution in [0.25, 0.3) is 11.0 Å². The van der Waals surface area contributed by atoms with Gasteiger partial charge in [-0.3, -0.25) is 4.79 Å². The molecule has 0 radical (unpaired) electrons. The molecule has 0 spiro atoms. The van der Waals surface area contributed by atoms with Crippen LogP contribution in [-0.4, -0.2) is 57.4 Å². The maximum Gasteiger partial charge on any atom is 0.270 e. The lowest BCUT2D eigenvalue weighted by Crippen LogP contribution is -2.31. The van der Waals surface area contributed by atoms with Gasteiger partial charge in [-0.05, 0) is 56.7 Å². The number of piperidine rings is 1. The standard InChI is InChI=1S/C27H38N6O/c1-6-22(32-15-13-19(2)14-16-32)12-11-20(3)29-27-28-18-21-17-24(26(34)31(4)5)33(25(21)30-27)23-9-7-8-10-23/h6,11-12,17-19,23H,3,7-10,13-16H2,1-2,4-5H3,(H,28,29,30)/b12-11-,22-6+. The van der Waals surface area contributed by atoms with E-state index in [1.165, 1.54) is 31.4 Å². The van der Waals surface area contributed by atoms with Crippen LogP contribution in [0.2, 0.25) is 0 Å². The molecule has 7 heteroatoms. The number of hydrogen-bond donors (Lipinski definition) is 1. The highest BCUT2D eigenvalue weighted by Gasteiger charge is 2.26. The van der Waals surface area contributed by atoms with E-state index in [1.807, 2.05) is 12.1 Å². The van der Waals surface area contributed by atoms with Gasteiger partial charge in [0.2, 0.25) is 5.95 Å². The lowest BCUT2D eigenvalue weighted by molar-refractivity contribution is 0.0815. The molecule has 0 atom stereocenters. The van der Waals surface area contributed by atoms with Crippen LogP contribution in [0, 0.1) is 5.92 Å². The summed E-state index contributed by atoms with van der Waals surface area (Å²) in [7, 11) is 3.58. The van der Waals surface area contributed by atoms with Crippen molar-refractivity contribution in [3.63, 3.8) is 0 Å². The van der Waals surface area contributed by atoms with Crippen molar-refractivity contribution in [3.05, 3.63) is 54.2 Å². The van der Waals surface area contributed by atoms with Gasteiger partial charge in [0.15, 0.2) is 0 Å². The molecule has 1 saturated heterocycles. The Kier molecular flexibility index (Phi) is 7.39. The summed E-state index contributed by atoms with van der Waals surface area (Å²) >= 11 is 0. The quantitative estimate of drug-likeness (QED) is 0.561. The van der Waals surface area contributed by atoms with E-state index >= 15 is 0 Å². The van der Waals surface area contributed by atoms with Gasteiger partial charge in [-0.2, -0.15) is 4.98 Å². The van der Waals surface area contributed by atoms with E-state index in [4.69, 9.17) is 4.98 Å². The minimum Gasteiger partial charge on any atom is -0.372 e. The van der Waals surface area contributed by atoms with Crippen molar-refractivity contribution in [1.82, 2.24) is 24.3 Å². The highest BCUT2D eigenvalue weighted by Crippen LogP contribution is 2.34. The molecule has 2 aromatic heterocycles. The first-order chi connectivity index (χ1) is 16.4. The molecule has 2 fully saturated rings. The van der Waals surface area contributed by atoms with Crippen molar-refractivity contribution >= 4 is 22.9 Å². The zero-order chi connectivity index (χ0) is 24.2. The van der Waals surface area contributed by atoms with Crippen molar-refractivity contribution in [2.45, 2.75) is 58.4 Å². The first-order valence-corrected chi connectivity index (χ1v) is 12.5. The molecule has 34 heavy (non-hydrogen) atoms. The number of nitrogens with zero attached hydrogens (tertiary/aromatic N) is 5. The molecule has 1 aliphatic carbocycles. The fourth-order valence-electron chi connectivity index (χ4n) is 5.02. The Labute approximate surface area is 203 Å². The fourth-order valence-corrected chi connectivity index (χ4v) is 5.02. The number of allylic oxidation sites excluding steroid dienone is 3. The monoisotopic (exact) mass is 462 g/mol. The van der Waals surface area contributed by atoms with Crippen LogP contribution in [0.5, 0.6) is 0 Å². The number of fused-ring (bicyclic) bond motifs is 1. The molecule has 1 amide bonds. The number of carbonyl (C=O) groups is 1. The van der Waals surface area contributed by atoms with Crippen molar-refractivity contribution in [1.29, 1.82) is 0 Å². The largest absolute Gasteiger partial charge is 0.372 e. The minimum atomic E-state index is -0.00209. The molecule has 7 nitrogen and oxygen atoms in total. The number of hydrogen-bond acceptors (Lipinski definition) is 5. The van der Waals surface area contributed by atoms with Crippen LogP contribution >= 0.6 is 0 Å². The van der Waals surface area contributed by atoms with Crippen LogP contribution in [0.1, 0.15) is 68.9 Å². The molecular weight excluding hydrogens is 424 g/mol. The third kappa shape index (κ3) is 5.18. The molecule has 1 aliphatic heterocycles. The number of amides is 1. The number of carbonyl (C=O) groups excluding carboxylic acids is 1. The molecule has 1 saturated carbocycles. The summed E-state index contributed by atoms with van der Waals surface area (Å²) < 4.78 is 2.13. The summed E-state index contributed by atoms with van der Waals surface area (Å²) in [5.74, 6) is 1.30. The predicted octanol–water partition coefficient (Wildman–Crippen LogP) is 5.37. The Morgan fingerprint density at radius 1 is 1.18 bits per heavy atom. The topological polar surface area (TPSA) is 66.3 Å². The van der Waals surface area contributed by atoms with E-state index in [2.05, 4.69) is 52.3 Å². The molecule has 4 rings (SSSR count). The van der Waals surface area contributed by atoms with Crippen LogP contribution in [-0.2, 0) is 0 Å². The summed E-state index contributed by atoms with van der Waals surface area (Å²) in [5, 5.41) is 4.13. The van der Waals surface area contributed by atoms with E-state index < -0.39 is 0 Å². The second kappa shape index (κ2) is 10.5. The lowest BCUT2D eigenvalue weighted by Gasteiger charge is -2.32. The van der Waals surface area contributed by atoms with Crippen molar-refractivity contribution in [2.75, 3.05) is 32.5 Å². The average Bonchev–Trinajstić information content (AvgIpc) is 3.47. The number of aromatic nitrogens is 3. The Morgan fingerprint density at radius 2 is 1.88 bits per heavy atom. The summed E-state index contributed by atoms with van der Waals surface area (Å²) in [6.45, 7) is 10.8. The van der Waals surface area contributed by atoms with E-state index in [0.29, 0.717) is 17.7 Å². The Bertz CT molecular complexity index is 1100. The highest BCUT2D eigenvalue weighted by atomic mass is 16.2. The van der Waals surface area contributed by atoms with Gasteiger partial charge >= 0.3 is 0 Å². The lowest BCUT2D eigenvalue weighted by atomic mass is 9.99. The number of rotatable bonds is 7. The van der Waals surface area contributed by atoms with Gasteiger partial charge in [0.05, 0.1) is 0 Å². The van der Waals surface area contributed by atoms with Gasteiger partial charge in [0.25, 0.3) is 5.91 Å². The average molecular weight is 463 g/mol. The molecule has 0 bridgehead atoms. The summed E-state index contributed by atoms with van der Waals surface area (Å²) in [6, 6.07) is 2.22. The normalized spacial score (nSPS) is 18.2. The molecule has 1 N–H and O–H groups in total. The first-order valence-electron chi connectivity index (χ1n) is 12.5. The van der Waals surface area contributed by atoms with Crippen molar-refractivity contribution < 1.29 is 4.79 Å². The molecule has 2 aromatic rings. The van der Waals surface area contributed by atoms with Crippen molar-refractivity contribution in [3.8, 4) is 0 Å². The SMILES string of the molecule is C=C(/C=C\C(=C/C)N1CCC(C)CC1)Nc1ncc2cc(C(=O)N(C)C)n(C3CCCC3)c2n1. The van der Waals surface area contributed by atoms with E-state index in [9.17, 15) is 4.79 Å².